The second kappa shape index (κ2) is 7.88. The van der Waals surface area contributed by atoms with E-state index in [4.69, 9.17) is 10.00 Å². The van der Waals surface area contributed by atoms with Crippen molar-refractivity contribution in [1.82, 2.24) is 9.97 Å². The van der Waals surface area contributed by atoms with E-state index in [9.17, 15) is 4.79 Å². The lowest BCUT2D eigenvalue weighted by Crippen LogP contribution is -2.15. The second-order valence-electron chi connectivity index (χ2n) is 5.30. The van der Waals surface area contributed by atoms with Gasteiger partial charge in [0.1, 0.15) is 5.69 Å². The van der Waals surface area contributed by atoms with Crippen molar-refractivity contribution in [2.24, 2.45) is 0 Å². The van der Waals surface area contributed by atoms with Gasteiger partial charge in [-0.25, -0.2) is 9.97 Å². The summed E-state index contributed by atoms with van der Waals surface area (Å²) in [6.45, 7) is 0.385. The highest BCUT2D eigenvalue weighted by atomic mass is 16.5. The minimum Gasteiger partial charge on any atom is -0.490 e. The Morgan fingerprint density at radius 3 is 2.92 bits per heavy atom. The minimum atomic E-state index is -0.355. The van der Waals surface area contributed by atoms with Crippen molar-refractivity contribution in [3.8, 4) is 11.8 Å². The van der Waals surface area contributed by atoms with Crippen LogP contribution in [0, 0.1) is 11.3 Å². The molecule has 0 bridgehead atoms. The number of nitrogens with one attached hydrogen (secondary N) is 1. The zero-order valence-corrected chi connectivity index (χ0v) is 13.5. The Balaban J connectivity index is 1.74. The highest BCUT2D eigenvalue weighted by Gasteiger charge is 2.12. The van der Waals surface area contributed by atoms with Crippen LogP contribution in [-0.2, 0) is 0 Å². The Hall–Kier alpha value is -3.46. The number of hydrogen-bond donors (Lipinski definition) is 1. The van der Waals surface area contributed by atoms with Crippen molar-refractivity contribution in [2.75, 3.05) is 11.9 Å². The van der Waals surface area contributed by atoms with Gasteiger partial charge in [0, 0.05) is 18.0 Å². The first-order valence-electron chi connectivity index (χ1n) is 7.90. The molecule has 0 aliphatic heterocycles. The summed E-state index contributed by atoms with van der Waals surface area (Å²) < 4.78 is 5.60. The normalized spacial score (nSPS) is 10.2. The molecule has 124 valence electrons. The molecule has 0 aliphatic carbocycles. The van der Waals surface area contributed by atoms with E-state index in [0.29, 0.717) is 36.7 Å². The van der Waals surface area contributed by atoms with Crippen LogP contribution < -0.4 is 10.1 Å². The largest absolute Gasteiger partial charge is 0.490 e. The van der Waals surface area contributed by atoms with Crippen LogP contribution in [0.25, 0.3) is 10.9 Å². The predicted octanol–water partition coefficient (Wildman–Crippen LogP) is 3.56. The fourth-order valence-corrected chi connectivity index (χ4v) is 2.30. The van der Waals surface area contributed by atoms with Crippen LogP contribution >= 0.6 is 0 Å². The summed E-state index contributed by atoms with van der Waals surface area (Å²) in [6.07, 6.45) is 2.61. The van der Waals surface area contributed by atoms with E-state index in [0.717, 1.165) is 10.9 Å². The van der Waals surface area contributed by atoms with Crippen molar-refractivity contribution >= 4 is 22.6 Å². The number of para-hydroxylation sites is 1. The summed E-state index contributed by atoms with van der Waals surface area (Å²) in [5.41, 5.74) is 1.06. The van der Waals surface area contributed by atoms with E-state index >= 15 is 0 Å². The quantitative estimate of drug-likeness (QED) is 0.697. The van der Waals surface area contributed by atoms with E-state index in [-0.39, 0.29) is 5.91 Å². The zero-order chi connectivity index (χ0) is 17.5. The molecule has 0 aliphatic rings. The summed E-state index contributed by atoms with van der Waals surface area (Å²) in [6, 6.07) is 16.6. The lowest BCUT2D eigenvalue weighted by molar-refractivity contribution is 0.102. The van der Waals surface area contributed by atoms with E-state index in [1.807, 2.05) is 30.3 Å². The third kappa shape index (κ3) is 4.09. The van der Waals surface area contributed by atoms with E-state index in [1.165, 1.54) is 0 Å². The molecule has 1 N–H and O–H groups in total. The number of benzene rings is 1. The molecule has 3 aromatic rings. The smallest absolute Gasteiger partial charge is 0.275 e. The summed E-state index contributed by atoms with van der Waals surface area (Å²) in [5, 5.41) is 12.3. The van der Waals surface area contributed by atoms with Gasteiger partial charge in [-0.2, -0.15) is 5.26 Å². The van der Waals surface area contributed by atoms with Gasteiger partial charge in [0.25, 0.3) is 5.91 Å². The molecule has 1 amide bonds. The molecule has 0 spiro atoms. The Morgan fingerprint density at radius 2 is 2.04 bits per heavy atom. The zero-order valence-electron chi connectivity index (χ0n) is 13.5. The van der Waals surface area contributed by atoms with E-state index < -0.39 is 0 Å². The van der Waals surface area contributed by atoms with Crippen LogP contribution in [0.15, 0.2) is 54.7 Å². The first kappa shape index (κ1) is 16.4. The summed E-state index contributed by atoms with van der Waals surface area (Å²) >= 11 is 0. The predicted molar refractivity (Wildman–Crippen MR) is 94.3 cm³/mol. The number of ether oxygens (including phenoxy) is 1. The standard InChI is InChI=1S/C19H16N4O2/c20-11-3-4-13-25-17-8-5-12-21-18(17)23-19(24)16-10-9-14-6-1-2-7-15(14)22-16/h1-2,5-10,12H,3-4,13H2,(H,21,23,24). The van der Waals surface area contributed by atoms with Crippen LogP contribution in [0.4, 0.5) is 5.82 Å². The molecule has 0 radical (unpaired) electrons. The molecule has 3 rings (SSSR count). The molecule has 2 aromatic heterocycles. The van der Waals surface area contributed by atoms with Crippen molar-refractivity contribution < 1.29 is 9.53 Å². The first-order chi connectivity index (χ1) is 12.3. The van der Waals surface area contributed by atoms with Crippen LogP contribution in [0.1, 0.15) is 23.3 Å². The van der Waals surface area contributed by atoms with Gasteiger partial charge < -0.3 is 10.1 Å². The third-order valence-corrected chi connectivity index (χ3v) is 3.52. The van der Waals surface area contributed by atoms with Gasteiger partial charge >= 0.3 is 0 Å². The van der Waals surface area contributed by atoms with Crippen molar-refractivity contribution in [3.63, 3.8) is 0 Å². The van der Waals surface area contributed by atoms with E-state index in [1.54, 1.807) is 24.4 Å². The number of unbranched alkanes of at least 4 members (excludes halogenated alkanes) is 1. The third-order valence-electron chi connectivity index (χ3n) is 3.52. The molecule has 1 aromatic carbocycles. The Bertz CT molecular complexity index is 934. The van der Waals surface area contributed by atoms with Gasteiger partial charge in [-0.05, 0) is 30.7 Å². The van der Waals surface area contributed by atoms with Crippen LogP contribution in [0.3, 0.4) is 0 Å². The van der Waals surface area contributed by atoms with Crippen molar-refractivity contribution in [2.45, 2.75) is 12.8 Å². The number of pyridine rings is 2. The fourth-order valence-electron chi connectivity index (χ4n) is 2.30. The van der Waals surface area contributed by atoms with Gasteiger partial charge in [0.2, 0.25) is 0 Å². The number of rotatable bonds is 6. The van der Waals surface area contributed by atoms with Gasteiger partial charge in [-0.15, -0.1) is 0 Å². The summed E-state index contributed by atoms with van der Waals surface area (Å²) in [7, 11) is 0. The molecule has 0 atom stereocenters. The monoisotopic (exact) mass is 332 g/mol. The average molecular weight is 332 g/mol. The van der Waals surface area contributed by atoms with Crippen LogP contribution in [0.5, 0.6) is 5.75 Å². The maximum atomic E-state index is 12.5. The molecule has 6 nitrogen and oxygen atoms in total. The van der Waals surface area contributed by atoms with Gasteiger partial charge in [-0.1, -0.05) is 24.3 Å². The average Bonchev–Trinajstić information content (AvgIpc) is 2.66. The lowest BCUT2D eigenvalue weighted by atomic mass is 10.2. The highest BCUT2D eigenvalue weighted by molar-refractivity contribution is 6.04. The van der Waals surface area contributed by atoms with Gasteiger partial charge in [-0.3, -0.25) is 4.79 Å². The molecular weight excluding hydrogens is 316 g/mol. The maximum Gasteiger partial charge on any atom is 0.275 e. The van der Waals surface area contributed by atoms with Gasteiger partial charge in [0.15, 0.2) is 11.6 Å². The highest BCUT2D eigenvalue weighted by Crippen LogP contribution is 2.22. The number of anilines is 1. The maximum absolute atomic E-state index is 12.5. The number of fused-ring (bicyclic) bond motifs is 1. The molecule has 0 unspecified atom stereocenters. The van der Waals surface area contributed by atoms with Crippen LogP contribution in [-0.4, -0.2) is 22.5 Å². The van der Waals surface area contributed by atoms with E-state index in [2.05, 4.69) is 21.4 Å². The number of nitriles is 1. The fraction of sp³-hybridized carbons (Fsp3) is 0.158. The number of nitrogens with zero attached hydrogens (tertiary/aromatic N) is 3. The van der Waals surface area contributed by atoms with Crippen molar-refractivity contribution in [3.05, 3.63) is 60.4 Å². The Morgan fingerprint density at radius 1 is 1.16 bits per heavy atom. The van der Waals surface area contributed by atoms with Crippen LogP contribution in [0.2, 0.25) is 0 Å². The molecule has 0 fully saturated rings. The van der Waals surface area contributed by atoms with Crippen molar-refractivity contribution in [1.29, 1.82) is 5.26 Å². The number of carbonyl (C=O) groups is 1. The number of carbonyl (C=O) groups excluding carboxylic acids is 1. The molecular formula is C19H16N4O2. The first-order valence-corrected chi connectivity index (χ1v) is 7.90. The molecule has 0 saturated heterocycles. The topological polar surface area (TPSA) is 87.9 Å². The summed E-state index contributed by atoms with van der Waals surface area (Å²) in [5.74, 6) is 0.445. The second-order valence-corrected chi connectivity index (χ2v) is 5.30. The minimum absolute atomic E-state index is 0.305. The molecule has 25 heavy (non-hydrogen) atoms. The Labute approximate surface area is 145 Å². The molecule has 0 saturated carbocycles. The number of aromatic nitrogens is 2. The number of hydrogen-bond acceptors (Lipinski definition) is 5. The molecule has 2 heterocycles. The SMILES string of the molecule is N#CCCCOc1cccnc1NC(=O)c1ccc2ccccc2n1. The summed E-state index contributed by atoms with van der Waals surface area (Å²) in [4.78, 5) is 21.0. The molecule has 6 heteroatoms. The number of amides is 1. The lowest BCUT2D eigenvalue weighted by Gasteiger charge is -2.11. The Kier molecular flexibility index (Phi) is 5.17. The van der Waals surface area contributed by atoms with Gasteiger partial charge in [0.05, 0.1) is 18.2 Å².